The number of aromatic nitrogens is 1. The van der Waals surface area contributed by atoms with E-state index in [0.29, 0.717) is 29.4 Å². The van der Waals surface area contributed by atoms with Crippen molar-refractivity contribution in [3.8, 4) is 5.75 Å². The molecule has 0 radical (unpaired) electrons. The Morgan fingerprint density at radius 3 is 2.71 bits per heavy atom. The van der Waals surface area contributed by atoms with Gasteiger partial charge in [-0.25, -0.2) is 0 Å². The summed E-state index contributed by atoms with van der Waals surface area (Å²) in [6.07, 6.45) is 0.733. The molecule has 1 heterocycles. The standard InChI is InChI=1S/C17H21N3O4/c1-4-9-20(11-16(21)18-15-10-12(2)24-19-15)17(22)13-7-5-6-8-14(13)23-3/h5-8,10H,4,9,11H2,1-3H3,(H,18,19,21). The molecular weight excluding hydrogens is 310 g/mol. The van der Waals surface area contributed by atoms with Crippen LogP contribution in [0.3, 0.4) is 0 Å². The fraction of sp³-hybridized carbons (Fsp3) is 0.353. The van der Waals surface area contributed by atoms with Crippen LogP contribution in [0.5, 0.6) is 5.75 Å². The monoisotopic (exact) mass is 331 g/mol. The lowest BCUT2D eigenvalue weighted by atomic mass is 10.1. The average Bonchev–Trinajstić information content (AvgIpc) is 2.98. The van der Waals surface area contributed by atoms with Crippen molar-refractivity contribution in [1.82, 2.24) is 10.1 Å². The minimum Gasteiger partial charge on any atom is -0.496 e. The number of benzene rings is 1. The number of rotatable bonds is 7. The van der Waals surface area contributed by atoms with E-state index >= 15 is 0 Å². The van der Waals surface area contributed by atoms with Gasteiger partial charge in [0, 0.05) is 12.6 Å². The molecule has 1 N–H and O–H groups in total. The summed E-state index contributed by atoms with van der Waals surface area (Å²) in [5.74, 6) is 0.830. The molecule has 2 rings (SSSR count). The van der Waals surface area contributed by atoms with Gasteiger partial charge >= 0.3 is 0 Å². The molecule has 0 unspecified atom stereocenters. The lowest BCUT2D eigenvalue weighted by Gasteiger charge is -2.22. The highest BCUT2D eigenvalue weighted by Crippen LogP contribution is 2.19. The number of carbonyl (C=O) groups excluding carboxylic acids is 2. The minimum absolute atomic E-state index is 0.0728. The third kappa shape index (κ3) is 4.34. The number of anilines is 1. The zero-order valence-electron chi connectivity index (χ0n) is 14.0. The third-order valence-corrected chi connectivity index (χ3v) is 3.35. The summed E-state index contributed by atoms with van der Waals surface area (Å²) in [5, 5.41) is 6.33. The smallest absolute Gasteiger partial charge is 0.258 e. The second-order valence-electron chi connectivity index (χ2n) is 5.30. The van der Waals surface area contributed by atoms with Crippen LogP contribution in [0, 0.1) is 6.92 Å². The SMILES string of the molecule is CCCN(CC(=O)Nc1cc(C)on1)C(=O)c1ccccc1OC. The van der Waals surface area contributed by atoms with Crippen molar-refractivity contribution in [3.05, 3.63) is 41.7 Å². The molecule has 24 heavy (non-hydrogen) atoms. The first-order valence-electron chi connectivity index (χ1n) is 7.70. The zero-order chi connectivity index (χ0) is 17.5. The summed E-state index contributed by atoms with van der Waals surface area (Å²) in [5.41, 5.74) is 0.429. The summed E-state index contributed by atoms with van der Waals surface area (Å²) >= 11 is 0. The molecule has 2 amide bonds. The van der Waals surface area contributed by atoms with Gasteiger partial charge in [-0.1, -0.05) is 24.2 Å². The van der Waals surface area contributed by atoms with Crippen LogP contribution in [-0.4, -0.2) is 42.1 Å². The maximum Gasteiger partial charge on any atom is 0.258 e. The molecule has 0 atom stereocenters. The Hall–Kier alpha value is -2.83. The fourth-order valence-electron chi connectivity index (χ4n) is 2.30. The number of carbonyl (C=O) groups is 2. The van der Waals surface area contributed by atoms with E-state index in [-0.39, 0.29) is 18.4 Å². The van der Waals surface area contributed by atoms with Crippen LogP contribution in [0.4, 0.5) is 5.82 Å². The van der Waals surface area contributed by atoms with Crippen LogP contribution in [0.1, 0.15) is 29.5 Å². The van der Waals surface area contributed by atoms with Gasteiger partial charge in [-0.3, -0.25) is 9.59 Å². The van der Waals surface area contributed by atoms with E-state index in [0.717, 1.165) is 6.42 Å². The van der Waals surface area contributed by atoms with E-state index < -0.39 is 0 Å². The quantitative estimate of drug-likeness (QED) is 0.842. The van der Waals surface area contributed by atoms with Crippen molar-refractivity contribution < 1.29 is 18.8 Å². The molecule has 1 aromatic heterocycles. The molecule has 0 aliphatic heterocycles. The van der Waals surface area contributed by atoms with E-state index in [4.69, 9.17) is 9.26 Å². The largest absolute Gasteiger partial charge is 0.496 e. The summed E-state index contributed by atoms with van der Waals surface area (Å²) in [4.78, 5) is 26.4. The normalized spacial score (nSPS) is 10.3. The number of methoxy groups -OCH3 is 1. The molecule has 1 aromatic carbocycles. The highest BCUT2D eigenvalue weighted by Gasteiger charge is 2.21. The summed E-state index contributed by atoms with van der Waals surface area (Å²) in [6.45, 7) is 4.07. The van der Waals surface area contributed by atoms with Crippen molar-refractivity contribution in [2.24, 2.45) is 0 Å². The molecule has 0 aliphatic rings. The van der Waals surface area contributed by atoms with Gasteiger partial charge in [0.05, 0.1) is 12.7 Å². The molecule has 7 heteroatoms. The first-order valence-corrected chi connectivity index (χ1v) is 7.70. The Morgan fingerprint density at radius 2 is 2.08 bits per heavy atom. The van der Waals surface area contributed by atoms with Crippen LogP contribution < -0.4 is 10.1 Å². The molecule has 0 aliphatic carbocycles. The number of para-hydroxylation sites is 1. The van der Waals surface area contributed by atoms with Crippen molar-refractivity contribution in [1.29, 1.82) is 0 Å². The number of ether oxygens (including phenoxy) is 1. The number of hydrogen-bond acceptors (Lipinski definition) is 5. The Bertz CT molecular complexity index is 711. The van der Waals surface area contributed by atoms with Crippen LogP contribution in [0.15, 0.2) is 34.9 Å². The van der Waals surface area contributed by atoms with Gasteiger partial charge in [0.1, 0.15) is 18.1 Å². The lowest BCUT2D eigenvalue weighted by molar-refractivity contribution is -0.116. The van der Waals surface area contributed by atoms with Crippen molar-refractivity contribution in [2.75, 3.05) is 25.5 Å². The second-order valence-corrected chi connectivity index (χ2v) is 5.30. The minimum atomic E-state index is -0.333. The van der Waals surface area contributed by atoms with Gasteiger partial charge in [-0.2, -0.15) is 0 Å². The second kappa shape index (κ2) is 8.14. The highest BCUT2D eigenvalue weighted by atomic mass is 16.5. The Balaban J connectivity index is 2.10. The Morgan fingerprint density at radius 1 is 1.33 bits per heavy atom. The predicted molar refractivity (Wildman–Crippen MR) is 89.1 cm³/mol. The number of hydrogen-bond donors (Lipinski definition) is 1. The van der Waals surface area contributed by atoms with Gasteiger partial charge in [0.25, 0.3) is 5.91 Å². The van der Waals surface area contributed by atoms with Crippen LogP contribution in [0.25, 0.3) is 0 Å². The molecule has 7 nitrogen and oxygen atoms in total. The number of aryl methyl sites for hydroxylation is 1. The number of nitrogens with zero attached hydrogens (tertiary/aromatic N) is 2. The van der Waals surface area contributed by atoms with E-state index in [1.165, 1.54) is 12.0 Å². The van der Waals surface area contributed by atoms with Crippen molar-refractivity contribution in [2.45, 2.75) is 20.3 Å². The van der Waals surface area contributed by atoms with Crippen LogP contribution in [0.2, 0.25) is 0 Å². The molecule has 0 spiro atoms. The van der Waals surface area contributed by atoms with Gasteiger partial charge < -0.3 is 19.5 Å². The zero-order valence-corrected chi connectivity index (χ0v) is 14.0. The van der Waals surface area contributed by atoms with Crippen molar-refractivity contribution in [3.63, 3.8) is 0 Å². The first kappa shape index (κ1) is 17.5. The fourth-order valence-corrected chi connectivity index (χ4v) is 2.30. The van der Waals surface area contributed by atoms with Gasteiger partial charge in [0.15, 0.2) is 5.82 Å². The highest BCUT2D eigenvalue weighted by molar-refractivity contribution is 6.00. The van der Waals surface area contributed by atoms with E-state index in [2.05, 4.69) is 10.5 Å². The van der Waals surface area contributed by atoms with Gasteiger partial charge in [-0.05, 0) is 25.5 Å². The van der Waals surface area contributed by atoms with E-state index in [9.17, 15) is 9.59 Å². The van der Waals surface area contributed by atoms with Crippen LogP contribution >= 0.6 is 0 Å². The Kier molecular flexibility index (Phi) is 5.95. The van der Waals surface area contributed by atoms with Gasteiger partial charge in [-0.15, -0.1) is 0 Å². The predicted octanol–water partition coefficient (Wildman–Crippen LogP) is 2.48. The molecular formula is C17H21N3O4. The molecule has 0 fully saturated rings. The van der Waals surface area contributed by atoms with Crippen LogP contribution in [-0.2, 0) is 4.79 Å². The summed E-state index contributed by atoms with van der Waals surface area (Å²) in [7, 11) is 1.51. The molecule has 0 saturated heterocycles. The average molecular weight is 331 g/mol. The first-order chi connectivity index (χ1) is 11.5. The summed E-state index contributed by atoms with van der Waals surface area (Å²) < 4.78 is 10.1. The topological polar surface area (TPSA) is 84.7 Å². The van der Waals surface area contributed by atoms with Crippen molar-refractivity contribution >= 4 is 17.6 Å². The lowest BCUT2D eigenvalue weighted by Crippen LogP contribution is -2.38. The summed E-state index contributed by atoms with van der Waals surface area (Å²) in [6, 6.07) is 8.57. The maximum atomic E-state index is 12.7. The molecule has 128 valence electrons. The van der Waals surface area contributed by atoms with E-state index in [1.54, 1.807) is 37.3 Å². The number of amides is 2. The molecule has 2 aromatic rings. The molecule has 0 bridgehead atoms. The van der Waals surface area contributed by atoms with Gasteiger partial charge in [0.2, 0.25) is 5.91 Å². The number of nitrogens with one attached hydrogen (secondary N) is 1. The van der Waals surface area contributed by atoms with E-state index in [1.807, 2.05) is 6.92 Å². The Labute approximate surface area is 140 Å². The molecule has 0 saturated carbocycles. The maximum absolute atomic E-state index is 12.7. The third-order valence-electron chi connectivity index (χ3n) is 3.35.